The Morgan fingerprint density at radius 1 is 1.40 bits per heavy atom. The Bertz CT molecular complexity index is 253. The lowest BCUT2D eigenvalue weighted by Gasteiger charge is -2.36. The number of hydrogen-bond donors (Lipinski definition) is 0. The average molecular weight is 227 g/mol. The molecule has 1 atom stereocenters. The lowest BCUT2D eigenvalue weighted by Crippen LogP contribution is -2.42. The molecule has 1 aliphatic heterocycles. The number of aliphatic imine (C=N–C) groups is 1. The van der Waals surface area contributed by atoms with E-state index in [1.807, 2.05) is 0 Å². The van der Waals surface area contributed by atoms with Gasteiger partial charge in [-0.05, 0) is 37.9 Å². The molecule has 0 spiro atoms. The van der Waals surface area contributed by atoms with Gasteiger partial charge in [0.2, 0.25) is 0 Å². The molecule has 0 aromatic rings. The molecule has 88 valence electrons. The van der Waals surface area contributed by atoms with Crippen LogP contribution in [0.25, 0.3) is 0 Å². The molecule has 2 nitrogen and oxygen atoms in total. The van der Waals surface area contributed by atoms with Crippen molar-refractivity contribution in [2.45, 2.75) is 64.7 Å². The molecule has 0 aromatic carbocycles. The Morgan fingerprint density at radius 2 is 2.00 bits per heavy atom. The monoisotopic (exact) mass is 227 g/mol. The molecular formula is C12H25NOSi. The van der Waals surface area contributed by atoms with Gasteiger partial charge in [-0.25, -0.2) is 0 Å². The van der Waals surface area contributed by atoms with E-state index < -0.39 is 8.32 Å². The van der Waals surface area contributed by atoms with Crippen LogP contribution < -0.4 is 0 Å². The Kier molecular flexibility index (Phi) is 3.77. The zero-order valence-corrected chi connectivity index (χ0v) is 12.1. The van der Waals surface area contributed by atoms with E-state index in [0.717, 1.165) is 13.0 Å². The van der Waals surface area contributed by atoms with Crippen LogP contribution in [0.5, 0.6) is 0 Å². The zero-order chi connectivity index (χ0) is 11.7. The normalized spacial score (nSPS) is 23.1. The third kappa shape index (κ3) is 3.42. The smallest absolute Gasteiger partial charge is 0.192 e. The van der Waals surface area contributed by atoms with Crippen LogP contribution in [0.4, 0.5) is 0 Å². The lowest BCUT2D eigenvalue weighted by molar-refractivity contribution is 0.263. The first-order valence-electron chi connectivity index (χ1n) is 5.89. The first-order valence-corrected chi connectivity index (χ1v) is 8.80. The van der Waals surface area contributed by atoms with E-state index in [0.29, 0.717) is 11.1 Å². The summed E-state index contributed by atoms with van der Waals surface area (Å²) in [5.74, 6) is 0. The van der Waals surface area contributed by atoms with Crippen molar-refractivity contribution < 1.29 is 4.43 Å². The molecule has 0 N–H and O–H groups in total. The van der Waals surface area contributed by atoms with Crippen molar-refractivity contribution in [1.82, 2.24) is 0 Å². The van der Waals surface area contributed by atoms with Crippen LogP contribution in [0.15, 0.2) is 4.99 Å². The summed E-state index contributed by atoms with van der Waals surface area (Å²) in [7, 11) is -1.56. The van der Waals surface area contributed by atoms with Gasteiger partial charge in [0.25, 0.3) is 0 Å². The van der Waals surface area contributed by atoms with Crippen molar-refractivity contribution in [3.05, 3.63) is 0 Å². The molecule has 0 aromatic heterocycles. The minimum atomic E-state index is -1.56. The first kappa shape index (κ1) is 12.9. The SMILES string of the molecule is CC1=N[C@H](CO[Si](C)(C)C(C)(C)C)CC1. The largest absolute Gasteiger partial charge is 0.415 e. The highest BCUT2D eigenvalue weighted by Crippen LogP contribution is 2.36. The Hall–Kier alpha value is -0.153. The Labute approximate surface area is 95.3 Å². The second kappa shape index (κ2) is 4.38. The molecule has 1 heterocycles. The molecule has 1 aliphatic rings. The van der Waals surface area contributed by atoms with Gasteiger partial charge in [0.05, 0.1) is 12.6 Å². The van der Waals surface area contributed by atoms with E-state index in [2.05, 4.69) is 45.8 Å². The van der Waals surface area contributed by atoms with Gasteiger partial charge in [0, 0.05) is 5.71 Å². The fraction of sp³-hybridized carbons (Fsp3) is 0.917. The quantitative estimate of drug-likeness (QED) is 0.675. The summed E-state index contributed by atoms with van der Waals surface area (Å²) >= 11 is 0. The molecule has 0 aliphatic carbocycles. The van der Waals surface area contributed by atoms with Gasteiger partial charge in [-0.15, -0.1) is 0 Å². The van der Waals surface area contributed by atoms with E-state index in [9.17, 15) is 0 Å². The molecule has 0 amide bonds. The summed E-state index contributed by atoms with van der Waals surface area (Å²) < 4.78 is 6.16. The average Bonchev–Trinajstić information content (AvgIpc) is 2.46. The summed E-state index contributed by atoms with van der Waals surface area (Å²) in [5, 5.41) is 0.310. The van der Waals surface area contributed by atoms with E-state index in [-0.39, 0.29) is 0 Å². The van der Waals surface area contributed by atoms with Crippen molar-refractivity contribution in [2.24, 2.45) is 4.99 Å². The van der Waals surface area contributed by atoms with Crippen LogP contribution in [-0.4, -0.2) is 26.7 Å². The maximum Gasteiger partial charge on any atom is 0.192 e. The summed E-state index contributed by atoms with van der Waals surface area (Å²) in [6.07, 6.45) is 2.34. The standard InChI is InChI=1S/C12H25NOSi/c1-10-7-8-11(13-10)9-14-15(5,6)12(2,3)4/h11H,7-9H2,1-6H3/t11-/m0/s1. The predicted octanol–water partition coefficient (Wildman–Crippen LogP) is 3.63. The van der Waals surface area contributed by atoms with Crippen molar-refractivity contribution >= 4 is 14.0 Å². The predicted molar refractivity (Wildman–Crippen MR) is 69.3 cm³/mol. The van der Waals surface area contributed by atoms with Gasteiger partial charge in [-0.1, -0.05) is 20.8 Å². The fourth-order valence-corrected chi connectivity index (χ4v) is 2.50. The van der Waals surface area contributed by atoms with Gasteiger partial charge in [0.15, 0.2) is 8.32 Å². The van der Waals surface area contributed by atoms with Crippen molar-refractivity contribution in [2.75, 3.05) is 6.61 Å². The fourth-order valence-electron chi connectivity index (χ4n) is 1.46. The molecule has 0 saturated carbocycles. The maximum atomic E-state index is 6.16. The highest BCUT2D eigenvalue weighted by atomic mass is 28.4. The van der Waals surface area contributed by atoms with Crippen LogP contribution in [0.1, 0.15) is 40.5 Å². The number of hydrogen-bond acceptors (Lipinski definition) is 2. The van der Waals surface area contributed by atoms with E-state index in [1.54, 1.807) is 0 Å². The van der Waals surface area contributed by atoms with Crippen molar-refractivity contribution in [3.63, 3.8) is 0 Å². The number of nitrogens with zero attached hydrogens (tertiary/aromatic N) is 1. The van der Waals surface area contributed by atoms with Crippen LogP contribution >= 0.6 is 0 Å². The minimum absolute atomic E-state index is 0.310. The minimum Gasteiger partial charge on any atom is -0.415 e. The van der Waals surface area contributed by atoms with Crippen LogP contribution in [0, 0.1) is 0 Å². The molecule has 0 bridgehead atoms. The lowest BCUT2D eigenvalue weighted by atomic mass is 10.2. The zero-order valence-electron chi connectivity index (χ0n) is 11.1. The second-order valence-corrected chi connectivity index (χ2v) is 10.9. The molecule has 0 saturated heterocycles. The van der Waals surface area contributed by atoms with Crippen molar-refractivity contribution in [1.29, 1.82) is 0 Å². The summed E-state index contributed by atoms with van der Waals surface area (Å²) in [4.78, 5) is 4.59. The Morgan fingerprint density at radius 3 is 2.40 bits per heavy atom. The van der Waals surface area contributed by atoms with Gasteiger partial charge in [-0.3, -0.25) is 4.99 Å². The summed E-state index contributed by atoms with van der Waals surface area (Å²) in [6, 6.07) is 0.430. The van der Waals surface area contributed by atoms with Crippen LogP contribution in [-0.2, 0) is 4.43 Å². The van der Waals surface area contributed by atoms with Crippen LogP contribution in [0.2, 0.25) is 18.1 Å². The second-order valence-electron chi connectivity index (χ2n) is 6.13. The topological polar surface area (TPSA) is 21.6 Å². The van der Waals surface area contributed by atoms with E-state index >= 15 is 0 Å². The third-order valence-electron chi connectivity index (χ3n) is 3.69. The van der Waals surface area contributed by atoms with Gasteiger partial charge in [-0.2, -0.15) is 0 Å². The molecule has 3 heteroatoms. The molecule has 0 radical (unpaired) electrons. The Balaban J connectivity index is 2.43. The third-order valence-corrected chi connectivity index (χ3v) is 8.19. The van der Waals surface area contributed by atoms with E-state index in [1.165, 1.54) is 12.1 Å². The highest BCUT2D eigenvalue weighted by Gasteiger charge is 2.37. The number of rotatable bonds is 3. The molecule has 0 unspecified atom stereocenters. The van der Waals surface area contributed by atoms with E-state index in [4.69, 9.17) is 4.43 Å². The summed E-state index contributed by atoms with van der Waals surface area (Å²) in [6.45, 7) is 14.4. The molecule has 15 heavy (non-hydrogen) atoms. The molecule has 0 fully saturated rings. The highest BCUT2D eigenvalue weighted by molar-refractivity contribution is 6.74. The van der Waals surface area contributed by atoms with Gasteiger partial charge < -0.3 is 4.43 Å². The molecule has 1 rings (SSSR count). The van der Waals surface area contributed by atoms with Gasteiger partial charge >= 0.3 is 0 Å². The van der Waals surface area contributed by atoms with Gasteiger partial charge in [0.1, 0.15) is 0 Å². The van der Waals surface area contributed by atoms with Crippen LogP contribution in [0.3, 0.4) is 0 Å². The van der Waals surface area contributed by atoms with Crippen molar-refractivity contribution in [3.8, 4) is 0 Å². The maximum absolute atomic E-state index is 6.16. The summed E-state index contributed by atoms with van der Waals surface area (Å²) in [5.41, 5.74) is 1.29. The first-order chi connectivity index (χ1) is 6.72. The molecular weight excluding hydrogens is 202 g/mol.